The topological polar surface area (TPSA) is 72.9 Å². The minimum atomic E-state index is -0.787. The zero-order valence-corrected chi connectivity index (χ0v) is 9.45. The van der Waals surface area contributed by atoms with Crippen LogP contribution in [0.1, 0.15) is 26.7 Å². The molecular formula is C10H18N4O. The van der Waals surface area contributed by atoms with Crippen LogP contribution in [0.5, 0.6) is 0 Å². The van der Waals surface area contributed by atoms with E-state index < -0.39 is 5.54 Å². The van der Waals surface area contributed by atoms with Crippen molar-refractivity contribution in [2.24, 2.45) is 12.8 Å². The Labute approximate surface area is 89.6 Å². The molecule has 0 aliphatic carbocycles. The van der Waals surface area contributed by atoms with Crippen molar-refractivity contribution in [3.63, 3.8) is 0 Å². The fraction of sp³-hybridized carbons (Fsp3) is 0.600. The number of carbonyl (C=O) groups is 1. The van der Waals surface area contributed by atoms with Crippen molar-refractivity contribution < 1.29 is 4.79 Å². The van der Waals surface area contributed by atoms with Crippen LogP contribution >= 0.6 is 0 Å². The number of carbonyl (C=O) groups excluding carboxylic acids is 1. The summed E-state index contributed by atoms with van der Waals surface area (Å²) in [4.78, 5) is 11.9. The Hall–Kier alpha value is -1.36. The van der Waals surface area contributed by atoms with Gasteiger partial charge in [0, 0.05) is 13.1 Å². The smallest absolute Gasteiger partial charge is 0.245 e. The molecular weight excluding hydrogens is 192 g/mol. The summed E-state index contributed by atoms with van der Waals surface area (Å²) in [7, 11) is 1.77. The van der Waals surface area contributed by atoms with Crippen molar-refractivity contribution in [1.82, 2.24) is 9.78 Å². The molecule has 1 heterocycles. The molecule has 1 amide bonds. The van der Waals surface area contributed by atoms with Crippen LogP contribution in [-0.2, 0) is 11.8 Å². The van der Waals surface area contributed by atoms with Crippen LogP contribution in [-0.4, -0.2) is 21.2 Å². The highest BCUT2D eigenvalue weighted by molar-refractivity contribution is 5.97. The molecule has 5 heteroatoms. The average Bonchev–Trinajstić information content (AvgIpc) is 2.63. The number of nitrogens with one attached hydrogen (secondary N) is 1. The maximum absolute atomic E-state index is 11.9. The molecule has 0 fully saturated rings. The lowest BCUT2D eigenvalue weighted by Gasteiger charge is -2.24. The van der Waals surface area contributed by atoms with Crippen LogP contribution in [0.25, 0.3) is 0 Å². The van der Waals surface area contributed by atoms with Gasteiger partial charge in [-0.3, -0.25) is 9.48 Å². The van der Waals surface area contributed by atoms with E-state index >= 15 is 0 Å². The Morgan fingerprint density at radius 2 is 2.20 bits per heavy atom. The van der Waals surface area contributed by atoms with Gasteiger partial charge in [-0.15, -0.1) is 0 Å². The van der Waals surface area contributed by atoms with Crippen molar-refractivity contribution >= 4 is 11.7 Å². The second-order valence-electron chi connectivity index (χ2n) is 3.66. The van der Waals surface area contributed by atoms with Gasteiger partial charge in [0.25, 0.3) is 0 Å². The first-order chi connectivity index (χ1) is 7.03. The SMILES string of the molecule is CCC(N)(CC)C(=O)Nc1ccnn1C. The zero-order chi connectivity index (χ0) is 11.5. The van der Waals surface area contributed by atoms with Gasteiger partial charge >= 0.3 is 0 Å². The molecule has 0 radical (unpaired) electrons. The van der Waals surface area contributed by atoms with Gasteiger partial charge in [-0.2, -0.15) is 5.10 Å². The molecule has 84 valence electrons. The summed E-state index contributed by atoms with van der Waals surface area (Å²) in [6.07, 6.45) is 2.87. The van der Waals surface area contributed by atoms with Gasteiger partial charge in [-0.1, -0.05) is 13.8 Å². The largest absolute Gasteiger partial charge is 0.317 e. The molecule has 0 saturated heterocycles. The van der Waals surface area contributed by atoms with Gasteiger partial charge in [-0.05, 0) is 12.8 Å². The van der Waals surface area contributed by atoms with E-state index in [0.29, 0.717) is 18.7 Å². The molecule has 1 rings (SSSR count). The minimum Gasteiger partial charge on any atom is -0.317 e. The molecule has 1 aromatic heterocycles. The molecule has 0 aliphatic rings. The van der Waals surface area contributed by atoms with Crippen molar-refractivity contribution in [1.29, 1.82) is 0 Å². The first-order valence-corrected chi connectivity index (χ1v) is 5.12. The van der Waals surface area contributed by atoms with Crippen LogP contribution in [0.2, 0.25) is 0 Å². The Bertz CT molecular complexity index is 341. The third-order valence-electron chi connectivity index (χ3n) is 2.78. The first-order valence-electron chi connectivity index (χ1n) is 5.12. The van der Waals surface area contributed by atoms with E-state index in [4.69, 9.17) is 5.73 Å². The second kappa shape index (κ2) is 4.44. The number of aryl methyl sites for hydroxylation is 1. The highest BCUT2D eigenvalue weighted by Crippen LogP contribution is 2.14. The molecule has 1 aromatic rings. The summed E-state index contributed by atoms with van der Waals surface area (Å²) in [5, 5.41) is 6.73. The highest BCUT2D eigenvalue weighted by atomic mass is 16.2. The Balaban J connectivity index is 2.75. The standard InChI is InChI=1S/C10H18N4O/c1-4-10(11,5-2)9(15)13-8-6-7-12-14(8)3/h6-7H,4-5,11H2,1-3H3,(H,13,15). The Morgan fingerprint density at radius 3 is 2.60 bits per heavy atom. The molecule has 15 heavy (non-hydrogen) atoms. The van der Waals surface area contributed by atoms with E-state index in [2.05, 4.69) is 10.4 Å². The first kappa shape index (κ1) is 11.7. The monoisotopic (exact) mass is 210 g/mol. The summed E-state index contributed by atoms with van der Waals surface area (Å²) in [6.45, 7) is 3.82. The third-order valence-corrected chi connectivity index (χ3v) is 2.78. The number of rotatable bonds is 4. The summed E-state index contributed by atoms with van der Waals surface area (Å²) < 4.78 is 1.60. The molecule has 0 aliphatic heterocycles. The molecule has 0 spiro atoms. The minimum absolute atomic E-state index is 0.156. The number of hydrogen-bond donors (Lipinski definition) is 2. The van der Waals surface area contributed by atoms with E-state index in [0.717, 1.165) is 0 Å². The maximum atomic E-state index is 11.9. The van der Waals surface area contributed by atoms with Crippen molar-refractivity contribution in [3.05, 3.63) is 12.3 Å². The van der Waals surface area contributed by atoms with E-state index in [1.807, 2.05) is 13.8 Å². The van der Waals surface area contributed by atoms with Crippen LogP contribution in [0.4, 0.5) is 5.82 Å². The number of nitrogens with zero attached hydrogens (tertiary/aromatic N) is 2. The van der Waals surface area contributed by atoms with E-state index in [-0.39, 0.29) is 5.91 Å². The molecule has 3 N–H and O–H groups in total. The predicted molar refractivity (Wildman–Crippen MR) is 59.3 cm³/mol. The Kier molecular flexibility index (Phi) is 3.47. The molecule has 5 nitrogen and oxygen atoms in total. The third kappa shape index (κ3) is 2.36. The number of hydrogen-bond acceptors (Lipinski definition) is 3. The van der Waals surface area contributed by atoms with Gasteiger partial charge < -0.3 is 11.1 Å². The van der Waals surface area contributed by atoms with Gasteiger partial charge in [0.2, 0.25) is 5.91 Å². The molecule has 0 unspecified atom stereocenters. The quantitative estimate of drug-likeness (QED) is 0.774. The van der Waals surface area contributed by atoms with Crippen LogP contribution in [0.15, 0.2) is 12.3 Å². The molecule has 0 bridgehead atoms. The number of anilines is 1. The summed E-state index contributed by atoms with van der Waals surface area (Å²) >= 11 is 0. The second-order valence-corrected chi connectivity index (χ2v) is 3.66. The number of aromatic nitrogens is 2. The molecule has 0 aromatic carbocycles. The summed E-state index contributed by atoms with van der Waals surface area (Å²) in [5.74, 6) is 0.507. The normalized spacial score (nSPS) is 11.5. The lowest BCUT2D eigenvalue weighted by molar-refractivity contribution is -0.121. The fourth-order valence-corrected chi connectivity index (χ4v) is 1.31. The van der Waals surface area contributed by atoms with Gasteiger partial charge in [-0.25, -0.2) is 0 Å². The van der Waals surface area contributed by atoms with E-state index in [1.54, 1.807) is 24.0 Å². The van der Waals surface area contributed by atoms with Gasteiger partial charge in [0.15, 0.2) is 0 Å². The predicted octanol–water partition coefficient (Wildman–Crippen LogP) is 0.876. The van der Waals surface area contributed by atoms with E-state index in [9.17, 15) is 4.79 Å². The summed E-state index contributed by atoms with van der Waals surface area (Å²) in [5.41, 5.74) is 5.18. The average molecular weight is 210 g/mol. The van der Waals surface area contributed by atoms with Crippen molar-refractivity contribution in [3.8, 4) is 0 Å². The number of amides is 1. The van der Waals surface area contributed by atoms with Crippen molar-refractivity contribution in [2.45, 2.75) is 32.2 Å². The Morgan fingerprint density at radius 1 is 1.60 bits per heavy atom. The van der Waals surface area contributed by atoms with E-state index in [1.165, 1.54) is 0 Å². The van der Waals surface area contributed by atoms with Crippen LogP contribution in [0.3, 0.4) is 0 Å². The van der Waals surface area contributed by atoms with Gasteiger partial charge in [0.05, 0.1) is 11.7 Å². The lowest BCUT2D eigenvalue weighted by Crippen LogP contribution is -2.50. The fourth-order valence-electron chi connectivity index (χ4n) is 1.31. The zero-order valence-electron chi connectivity index (χ0n) is 9.45. The summed E-state index contributed by atoms with van der Waals surface area (Å²) in [6, 6.07) is 1.74. The van der Waals surface area contributed by atoms with Crippen molar-refractivity contribution in [2.75, 3.05) is 5.32 Å². The molecule has 0 atom stereocenters. The number of nitrogens with two attached hydrogens (primary N) is 1. The van der Waals surface area contributed by atoms with Crippen LogP contribution in [0, 0.1) is 0 Å². The lowest BCUT2D eigenvalue weighted by atomic mass is 9.93. The maximum Gasteiger partial charge on any atom is 0.245 e. The van der Waals surface area contributed by atoms with Gasteiger partial charge in [0.1, 0.15) is 5.82 Å². The molecule has 0 saturated carbocycles. The van der Waals surface area contributed by atoms with Crippen LogP contribution < -0.4 is 11.1 Å². The highest BCUT2D eigenvalue weighted by Gasteiger charge is 2.30.